The monoisotopic (exact) mass is 383 g/mol. The van der Waals surface area contributed by atoms with Gasteiger partial charge in [-0.2, -0.15) is 13.2 Å². The van der Waals surface area contributed by atoms with Crippen LogP contribution in [0.15, 0.2) is 28.7 Å². The number of aromatic nitrogens is 2. The van der Waals surface area contributed by atoms with Gasteiger partial charge in [-0.25, -0.2) is 0 Å². The van der Waals surface area contributed by atoms with E-state index in [1.54, 1.807) is 29.2 Å². The minimum Gasteiger partial charge on any atom is -0.491 e. The molecular weight excluding hydrogens is 363 g/mol. The van der Waals surface area contributed by atoms with Crippen LogP contribution in [0.4, 0.5) is 13.2 Å². The van der Waals surface area contributed by atoms with Gasteiger partial charge in [0.2, 0.25) is 5.89 Å². The second-order valence-corrected chi connectivity index (χ2v) is 6.72. The van der Waals surface area contributed by atoms with Crippen molar-refractivity contribution in [3.8, 4) is 5.75 Å². The molecule has 2 heterocycles. The Bertz CT molecular complexity index is 787. The number of halogens is 3. The first-order valence-corrected chi connectivity index (χ1v) is 8.70. The molecular formula is C18H20F3N3O3. The molecule has 146 valence electrons. The van der Waals surface area contributed by atoms with Crippen molar-refractivity contribution in [2.24, 2.45) is 0 Å². The Morgan fingerprint density at radius 2 is 1.96 bits per heavy atom. The molecule has 0 saturated carbocycles. The number of alkyl halides is 3. The van der Waals surface area contributed by atoms with Crippen molar-refractivity contribution in [2.75, 3.05) is 13.1 Å². The molecule has 0 radical (unpaired) electrons. The number of likely N-dealkylation sites (tertiary alicyclic amines) is 1. The Labute approximate surface area is 154 Å². The lowest BCUT2D eigenvalue weighted by Crippen LogP contribution is -2.39. The summed E-state index contributed by atoms with van der Waals surface area (Å²) in [6.45, 7) is 4.59. The van der Waals surface area contributed by atoms with E-state index in [4.69, 9.17) is 9.15 Å². The zero-order valence-corrected chi connectivity index (χ0v) is 15.0. The molecule has 1 aliphatic rings. The highest BCUT2D eigenvalue weighted by Gasteiger charge is 2.39. The molecule has 1 aromatic carbocycles. The van der Waals surface area contributed by atoms with Gasteiger partial charge in [-0.05, 0) is 51.0 Å². The quantitative estimate of drug-likeness (QED) is 0.801. The molecule has 0 N–H and O–H groups in total. The zero-order valence-electron chi connectivity index (χ0n) is 15.0. The smallest absolute Gasteiger partial charge is 0.470 e. The van der Waals surface area contributed by atoms with E-state index in [0.717, 1.165) is 0 Å². The molecule has 1 aromatic heterocycles. The molecule has 6 nitrogen and oxygen atoms in total. The van der Waals surface area contributed by atoms with E-state index in [0.29, 0.717) is 30.7 Å². The second kappa shape index (κ2) is 7.58. The Morgan fingerprint density at radius 3 is 2.56 bits per heavy atom. The van der Waals surface area contributed by atoms with Crippen molar-refractivity contribution in [1.29, 1.82) is 0 Å². The number of ether oxygens (including phenoxy) is 1. The maximum atomic E-state index is 12.7. The van der Waals surface area contributed by atoms with Crippen LogP contribution in [0.5, 0.6) is 5.75 Å². The minimum absolute atomic E-state index is 0.0328. The van der Waals surface area contributed by atoms with Crippen molar-refractivity contribution in [2.45, 2.75) is 44.9 Å². The van der Waals surface area contributed by atoms with Crippen molar-refractivity contribution < 1.29 is 27.1 Å². The summed E-state index contributed by atoms with van der Waals surface area (Å²) in [6.07, 6.45) is -3.40. The molecule has 1 aliphatic heterocycles. The summed E-state index contributed by atoms with van der Waals surface area (Å²) in [7, 11) is 0. The summed E-state index contributed by atoms with van der Waals surface area (Å²) in [5, 5.41) is 6.59. The third-order valence-electron chi connectivity index (χ3n) is 4.21. The van der Waals surface area contributed by atoms with Gasteiger partial charge in [0.1, 0.15) is 5.75 Å². The van der Waals surface area contributed by atoms with Crippen molar-refractivity contribution in [3.05, 3.63) is 41.6 Å². The highest BCUT2D eigenvalue weighted by Crippen LogP contribution is 2.32. The van der Waals surface area contributed by atoms with Crippen LogP contribution < -0.4 is 4.74 Å². The first-order chi connectivity index (χ1) is 12.7. The first kappa shape index (κ1) is 19.2. The summed E-state index contributed by atoms with van der Waals surface area (Å²) >= 11 is 0. The number of carbonyl (C=O) groups is 1. The van der Waals surface area contributed by atoms with Gasteiger partial charge in [0.05, 0.1) is 12.0 Å². The third kappa shape index (κ3) is 4.58. The first-order valence-electron chi connectivity index (χ1n) is 8.70. The fourth-order valence-electron chi connectivity index (χ4n) is 3.01. The van der Waals surface area contributed by atoms with Gasteiger partial charge >= 0.3 is 12.1 Å². The normalized spacial score (nSPS) is 18.0. The van der Waals surface area contributed by atoms with E-state index >= 15 is 0 Å². The molecule has 9 heteroatoms. The van der Waals surface area contributed by atoms with E-state index < -0.39 is 18.0 Å². The van der Waals surface area contributed by atoms with E-state index in [2.05, 4.69) is 10.2 Å². The minimum atomic E-state index is -4.67. The third-order valence-corrected chi connectivity index (χ3v) is 4.21. The van der Waals surface area contributed by atoms with Crippen LogP contribution in [0.25, 0.3) is 0 Å². The molecule has 1 fully saturated rings. The summed E-state index contributed by atoms with van der Waals surface area (Å²) in [4.78, 5) is 14.3. The Balaban J connectivity index is 1.68. The molecule has 2 aromatic rings. The highest BCUT2D eigenvalue weighted by atomic mass is 19.4. The maximum absolute atomic E-state index is 12.7. The van der Waals surface area contributed by atoms with Crippen molar-refractivity contribution in [1.82, 2.24) is 15.1 Å². The average molecular weight is 383 g/mol. The molecule has 0 spiro atoms. The van der Waals surface area contributed by atoms with Crippen LogP contribution in [-0.4, -0.2) is 40.2 Å². The molecule has 0 aliphatic carbocycles. The zero-order chi connectivity index (χ0) is 19.6. The van der Waals surface area contributed by atoms with Gasteiger partial charge < -0.3 is 14.1 Å². The molecule has 1 atom stereocenters. The predicted molar refractivity (Wildman–Crippen MR) is 89.4 cm³/mol. The molecule has 1 unspecified atom stereocenters. The average Bonchev–Trinajstić information content (AvgIpc) is 3.12. The Kier molecular flexibility index (Phi) is 5.38. The molecule has 27 heavy (non-hydrogen) atoms. The van der Waals surface area contributed by atoms with E-state index in [1.165, 1.54) is 0 Å². The fraction of sp³-hybridized carbons (Fsp3) is 0.500. The lowest BCUT2D eigenvalue weighted by atomic mass is 9.97. The Morgan fingerprint density at radius 1 is 1.26 bits per heavy atom. The van der Waals surface area contributed by atoms with Gasteiger partial charge in [-0.1, -0.05) is 0 Å². The molecule has 1 amide bonds. The van der Waals surface area contributed by atoms with Crippen LogP contribution in [-0.2, 0) is 6.18 Å². The number of rotatable bonds is 4. The van der Waals surface area contributed by atoms with Gasteiger partial charge in [0, 0.05) is 18.7 Å². The van der Waals surface area contributed by atoms with Crippen molar-refractivity contribution in [3.63, 3.8) is 0 Å². The summed E-state index contributed by atoms with van der Waals surface area (Å²) < 4.78 is 48.2. The van der Waals surface area contributed by atoms with Crippen LogP contribution >= 0.6 is 0 Å². The van der Waals surface area contributed by atoms with Gasteiger partial charge in [0.25, 0.3) is 5.91 Å². The van der Waals surface area contributed by atoms with Gasteiger partial charge in [0.15, 0.2) is 0 Å². The van der Waals surface area contributed by atoms with E-state index in [-0.39, 0.29) is 24.4 Å². The van der Waals surface area contributed by atoms with Crippen LogP contribution in [0.2, 0.25) is 0 Å². The fourth-order valence-corrected chi connectivity index (χ4v) is 3.01. The largest absolute Gasteiger partial charge is 0.491 e. The second-order valence-electron chi connectivity index (χ2n) is 6.72. The van der Waals surface area contributed by atoms with Crippen LogP contribution in [0.3, 0.4) is 0 Å². The Hall–Kier alpha value is -2.58. The molecule has 1 saturated heterocycles. The summed E-state index contributed by atoms with van der Waals surface area (Å²) in [5.74, 6) is -1.37. The number of benzene rings is 1. The number of hydrogen-bond acceptors (Lipinski definition) is 5. The number of hydrogen-bond donors (Lipinski definition) is 0. The highest BCUT2D eigenvalue weighted by molar-refractivity contribution is 5.94. The summed E-state index contributed by atoms with van der Waals surface area (Å²) in [6, 6.07) is 6.81. The van der Waals surface area contributed by atoms with Gasteiger partial charge in [-0.3, -0.25) is 4.79 Å². The van der Waals surface area contributed by atoms with Crippen molar-refractivity contribution >= 4 is 5.91 Å². The number of carbonyl (C=O) groups excluding carboxylic acids is 1. The maximum Gasteiger partial charge on any atom is 0.470 e. The van der Waals surface area contributed by atoms with E-state index in [1.807, 2.05) is 13.8 Å². The SMILES string of the molecule is CC(C)Oc1ccc(C(=O)N2CCCC(c3nnc(C(F)(F)F)o3)C2)cc1. The lowest BCUT2D eigenvalue weighted by Gasteiger charge is -2.31. The summed E-state index contributed by atoms with van der Waals surface area (Å²) in [5.41, 5.74) is 0.494. The number of nitrogens with zero attached hydrogens (tertiary/aromatic N) is 3. The predicted octanol–water partition coefficient (Wildman–Crippen LogP) is 3.90. The standard InChI is InChI=1S/C18H20F3N3O3/c1-11(2)26-14-7-5-12(6-8-14)16(25)24-9-3-4-13(10-24)15-22-23-17(27-15)18(19,20)21/h5-8,11,13H,3-4,9-10H2,1-2H3. The number of piperidine rings is 1. The van der Waals surface area contributed by atoms with E-state index in [9.17, 15) is 18.0 Å². The van der Waals surface area contributed by atoms with Crippen LogP contribution in [0.1, 0.15) is 54.7 Å². The lowest BCUT2D eigenvalue weighted by molar-refractivity contribution is -0.157. The van der Waals surface area contributed by atoms with Gasteiger partial charge in [-0.15, -0.1) is 10.2 Å². The topological polar surface area (TPSA) is 68.5 Å². The molecule has 0 bridgehead atoms. The van der Waals surface area contributed by atoms with Crippen LogP contribution in [0, 0.1) is 0 Å². The number of amides is 1. The molecule has 3 rings (SSSR count).